The lowest BCUT2D eigenvalue weighted by atomic mass is 10.2. The van der Waals surface area contributed by atoms with Gasteiger partial charge in [0, 0.05) is 35.6 Å². The van der Waals surface area contributed by atoms with Crippen molar-refractivity contribution in [2.45, 2.75) is 42.1 Å². The van der Waals surface area contributed by atoms with Crippen LogP contribution in [0.15, 0.2) is 210 Å². The van der Waals surface area contributed by atoms with E-state index in [4.69, 9.17) is 16.7 Å². The maximum atomic E-state index is 15.1. The SMILES string of the molecule is Cc1ccc(CS(=O)(=O)Oc2cccc(NC(=O)N(c3cccc(OS(=O)(=O)c4ccc(C)cc4)c3)N(C(=O)Nc3cccc(OS(=O)(=O)Cc4ccccc4)c3)c3cccc(OS(=O)(=O)c4ccc(C)cc4)c3)c2)cc1. The second-order valence-electron chi connectivity index (χ2n) is 17.3. The molecule has 0 saturated heterocycles. The van der Waals surface area contributed by atoms with Gasteiger partial charge in [-0.25, -0.2) is 9.59 Å². The van der Waals surface area contributed by atoms with E-state index in [-0.39, 0.29) is 55.5 Å². The minimum atomic E-state index is -4.50. The first-order chi connectivity index (χ1) is 36.6. The van der Waals surface area contributed by atoms with Crippen molar-refractivity contribution in [3.63, 3.8) is 0 Å². The number of amides is 4. The molecule has 77 heavy (non-hydrogen) atoms. The Hall–Kier alpha value is -8.70. The molecule has 0 unspecified atom stereocenters. The van der Waals surface area contributed by atoms with Crippen LogP contribution in [0, 0.1) is 20.8 Å². The van der Waals surface area contributed by atoms with Crippen molar-refractivity contribution in [3.8, 4) is 23.0 Å². The van der Waals surface area contributed by atoms with Crippen LogP contribution in [0.3, 0.4) is 0 Å². The maximum absolute atomic E-state index is 15.1. The van der Waals surface area contributed by atoms with E-state index >= 15 is 9.59 Å². The van der Waals surface area contributed by atoms with Gasteiger partial charge in [-0.15, -0.1) is 0 Å². The van der Waals surface area contributed by atoms with E-state index < -0.39 is 64.0 Å². The Labute approximate surface area is 446 Å². The van der Waals surface area contributed by atoms with Crippen LogP contribution in [0.5, 0.6) is 23.0 Å². The predicted octanol–water partition coefficient (Wildman–Crippen LogP) is 10.7. The number of carbonyl (C=O) groups excluding carboxylic acids is 2. The summed E-state index contributed by atoms with van der Waals surface area (Å²) >= 11 is 0. The Kier molecular flexibility index (Phi) is 16.3. The van der Waals surface area contributed by atoms with Gasteiger partial charge in [-0.2, -0.15) is 43.7 Å². The van der Waals surface area contributed by atoms with E-state index in [1.54, 1.807) is 92.7 Å². The summed E-state index contributed by atoms with van der Waals surface area (Å²) in [5.41, 5.74) is 2.82. The Bertz CT molecular complexity index is 3900. The normalized spacial score (nSPS) is 11.7. The van der Waals surface area contributed by atoms with E-state index in [2.05, 4.69) is 10.6 Å². The van der Waals surface area contributed by atoms with Gasteiger partial charge in [0.15, 0.2) is 0 Å². The molecule has 0 fully saturated rings. The highest BCUT2D eigenvalue weighted by molar-refractivity contribution is 7.87. The molecule has 0 bridgehead atoms. The highest BCUT2D eigenvalue weighted by Gasteiger charge is 2.32. The van der Waals surface area contributed by atoms with Gasteiger partial charge in [0.1, 0.15) is 44.3 Å². The minimum absolute atomic E-state index is 0.0550. The summed E-state index contributed by atoms with van der Waals surface area (Å²) in [6.45, 7) is 5.40. The predicted molar refractivity (Wildman–Crippen MR) is 291 cm³/mol. The number of rotatable bonds is 18. The van der Waals surface area contributed by atoms with Gasteiger partial charge in [0.2, 0.25) is 0 Å². The second-order valence-corrected chi connectivity index (χ2v) is 23.5. The summed E-state index contributed by atoms with van der Waals surface area (Å²) in [4.78, 5) is 29.9. The van der Waals surface area contributed by atoms with Crippen molar-refractivity contribution in [3.05, 3.63) is 228 Å². The summed E-state index contributed by atoms with van der Waals surface area (Å²) in [5.74, 6) is -1.99. The largest absolute Gasteiger partial charge is 0.382 e. The second kappa shape index (κ2) is 23.0. The third-order valence-electron chi connectivity index (χ3n) is 11.0. The molecule has 0 aromatic heterocycles. The first-order valence-corrected chi connectivity index (χ1v) is 29.1. The third-order valence-corrected chi connectivity index (χ3v) is 15.8. The summed E-state index contributed by atoms with van der Waals surface area (Å²) in [7, 11) is -17.5. The highest BCUT2D eigenvalue weighted by Crippen LogP contribution is 2.33. The molecule has 2 N–H and O–H groups in total. The average Bonchev–Trinajstić information content (AvgIpc) is 3.38. The van der Waals surface area contributed by atoms with Crippen LogP contribution in [0.25, 0.3) is 0 Å². The number of carbonyl (C=O) groups is 2. The van der Waals surface area contributed by atoms with Gasteiger partial charge in [0.25, 0.3) is 0 Å². The van der Waals surface area contributed by atoms with Crippen molar-refractivity contribution in [1.82, 2.24) is 0 Å². The van der Waals surface area contributed by atoms with E-state index in [0.29, 0.717) is 11.1 Å². The quantitative estimate of drug-likeness (QED) is 0.0600. The Morgan fingerprint density at radius 2 is 0.714 bits per heavy atom. The molecule has 396 valence electrons. The molecule has 0 aliphatic heterocycles. The standard InChI is InChI=1S/C55H48N4O14S4/c1-39-21-27-43(28-22-39)38-75(64,65)71-49-18-8-14-45(34-49)57-55(61)59(47-16-10-20-51(36-47)73-77(68,69)53-31-25-41(3)26-32-53)58(46-15-9-19-50(35-46)72-76(66,67)52-29-23-40(2)24-30-52)54(60)56-44-13-7-17-48(33-44)70-74(62,63)37-42-11-5-4-6-12-42/h4-36H,37-38H2,1-3H3,(H,56,60)(H,57,61). The zero-order chi connectivity index (χ0) is 55.0. The lowest BCUT2D eigenvalue weighted by Crippen LogP contribution is -2.54. The summed E-state index contributed by atoms with van der Waals surface area (Å²) in [5, 5.41) is 6.78. The smallest absolute Gasteiger partial charge is 0.345 e. The Balaban J connectivity index is 1.20. The van der Waals surface area contributed by atoms with E-state index in [1.807, 2.05) is 6.92 Å². The topological polar surface area (TPSA) is 238 Å². The molecule has 8 aromatic rings. The van der Waals surface area contributed by atoms with Gasteiger partial charge in [-0.1, -0.05) is 120 Å². The van der Waals surface area contributed by atoms with Crippen molar-refractivity contribution in [2.24, 2.45) is 0 Å². The number of hydrazine groups is 1. The van der Waals surface area contributed by atoms with Crippen molar-refractivity contribution in [2.75, 3.05) is 20.7 Å². The van der Waals surface area contributed by atoms with Crippen LogP contribution in [-0.2, 0) is 52.0 Å². The molecular formula is C55H48N4O14S4. The summed E-state index contributed by atoms with van der Waals surface area (Å²) < 4.78 is 129. The number of urea groups is 2. The zero-order valence-electron chi connectivity index (χ0n) is 41.2. The molecule has 0 aliphatic carbocycles. The van der Waals surface area contributed by atoms with Crippen LogP contribution in [0.1, 0.15) is 27.8 Å². The van der Waals surface area contributed by atoms with Gasteiger partial charge in [0.05, 0.1) is 11.4 Å². The monoisotopic (exact) mass is 1120 g/mol. The molecule has 0 aliphatic rings. The van der Waals surface area contributed by atoms with Gasteiger partial charge < -0.3 is 27.4 Å². The Morgan fingerprint density at radius 1 is 0.377 bits per heavy atom. The van der Waals surface area contributed by atoms with E-state index in [1.165, 1.54) is 109 Å². The molecule has 0 saturated carbocycles. The average molecular weight is 1120 g/mol. The maximum Gasteiger partial charge on any atom is 0.345 e. The zero-order valence-corrected chi connectivity index (χ0v) is 44.5. The molecule has 0 radical (unpaired) electrons. The van der Waals surface area contributed by atoms with Gasteiger partial charge in [-0.05, 0) is 105 Å². The van der Waals surface area contributed by atoms with Crippen LogP contribution >= 0.6 is 0 Å². The summed E-state index contributed by atoms with van der Waals surface area (Å²) in [6.07, 6.45) is 0. The van der Waals surface area contributed by atoms with E-state index in [9.17, 15) is 33.7 Å². The number of hydrogen-bond donors (Lipinski definition) is 2. The van der Waals surface area contributed by atoms with Gasteiger partial charge in [-0.3, -0.25) is 0 Å². The highest BCUT2D eigenvalue weighted by atomic mass is 32.2. The lowest BCUT2D eigenvalue weighted by Gasteiger charge is -2.35. The van der Waals surface area contributed by atoms with Crippen LogP contribution in [0.2, 0.25) is 0 Å². The molecule has 18 nitrogen and oxygen atoms in total. The third kappa shape index (κ3) is 14.8. The molecule has 8 rings (SSSR count). The molecule has 22 heteroatoms. The number of anilines is 4. The molecule has 4 amide bonds. The molecule has 0 atom stereocenters. The van der Waals surface area contributed by atoms with E-state index in [0.717, 1.165) is 38.8 Å². The van der Waals surface area contributed by atoms with Crippen molar-refractivity contribution < 1.29 is 60.0 Å². The Morgan fingerprint density at radius 3 is 1.10 bits per heavy atom. The van der Waals surface area contributed by atoms with Crippen molar-refractivity contribution in [1.29, 1.82) is 0 Å². The molecule has 0 heterocycles. The number of nitrogens with one attached hydrogen (secondary N) is 2. The number of benzene rings is 8. The fourth-order valence-corrected chi connectivity index (χ4v) is 11.3. The minimum Gasteiger partial charge on any atom is -0.382 e. The van der Waals surface area contributed by atoms with Gasteiger partial charge >= 0.3 is 52.5 Å². The van der Waals surface area contributed by atoms with Crippen molar-refractivity contribution >= 4 is 75.3 Å². The van der Waals surface area contributed by atoms with Crippen LogP contribution in [0.4, 0.5) is 32.3 Å². The molecule has 0 spiro atoms. The fourth-order valence-electron chi connectivity index (χ4n) is 7.36. The number of aryl methyl sites for hydroxylation is 3. The first-order valence-electron chi connectivity index (χ1n) is 23.2. The number of hydrogen-bond acceptors (Lipinski definition) is 14. The fraction of sp³-hybridized carbons (Fsp3) is 0.0909. The van der Waals surface area contributed by atoms with Crippen LogP contribution < -0.4 is 37.4 Å². The molecule has 8 aromatic carbocycles. The first kappa shape index (κ1) is 54.6. The number of nitrogens with zero attached hydrogens (tertiary/aromatic N) is 2. The molecular weight excluding hydrogens is 1070 g/mol. The lowest BCUT2D eigenvalue weighted by molar-refractivity contribution is 0.248. The van der Waals surface area contributed by atoms with Crippen LogP contribution in [-0.4, -0.2) is 45.7 Å². The summed E-state index contributed by atoms with van der Waals surface area (Å²) in [6, 6.07) is 45.3.